The van der Waals surface area contributed by atoms with Crippen molar-refractivity contribution in [2.24, 2.45) is 17.3 Å². The normalized spacial score (nSPS) is 36.7. The molecule has 0 radical (unpaired) electrons. The summed E-state index contributed by atoms with van der Waals surface area (Å²) in [5, 5.41) is -3.07. The van der Waals surface area contributed by atoms with E-state index in [1.54, 1.807) is 6.92 Å². The summed E-state index contributed by atoms with van der Waals surface area (Å²) in [6.07, 6.45) is 3.65. The van der Waals surface area contributed by atoms with Crippen LogP contribution in [0.25, 0.3) is 0 Å². The Morgan fingerprint density at radius 3 is 2.30 bits per heavy atom. The summed E-state index contributed by atoms with van der Waals surface area (Å²) < 4.78 is 55.9. The van der Waals surface area contributed by atoms with Gasteiger partial charge in [0.2, 0.25) is 0 Å². The van der Waals surface area contributed by atoms with E-state index in [4.69, 9.17) is 14.0 Å². The van der Waals surface area contributed by atoms with Gasteiger partial charge in [0, 0.05) is 12.0 Å². The van der Waals surface area contributed by atoms with Crippen molar-refractivity contribution in [1.82, 2.24) is 0 Å². The third-order valence-electron chi connectivity index (χ3n) is 6.10. The number of halogens is 1. The van der Waals surface area contributed by atoms with Crippen LogP contribution in [0.1, 0.15) is 52.4 Å². The third-order valence-corrected chi connectivity index (χ3v) is 7.29. The van der Waals surface area contributed by atoms with Gasteiger partial charge >= 0.3 is 22.1 Å². The standard InChI is InChI=1S/C18H25FO7S/c1-11(2)14(20)26-18-7-12-4-13(8-18)6-17(5-12,9-18)15(21)25-10-16(3,19)27(22,23)24/h12-13H,1,4-10H2,2-3H3,(H,22,23,24). The highest BCUT2D eigenvalue weighted by molar-refractivity contribution is 7.87. The van der Waals surface area contributed by atoms with Crippen molar-refractivity contribution in [3.63, 3.8) is 0 Å². The van der Waals surface area contributed by atoms with Crippen molar-refractivity contribution in [2.75, 3.05) is 6.61 Å². The quantitative estimate of drug-likeness (QED) is 0.412. The van der Waals surface area contributed by atoms with Crippen LogP contribution in [0.5, 0.6) is 0 Å². The van der Waals surface area contributed by atoms with Crippen LogP contribution in [0.4, 0.5) is 4.39 Å². The van der Waals surface area contributed by atoms with Crippen molar-refractivity contribution < 1.29 is 36.4 Å². The Kier molecular flexibility index (Phi) is 4.70. The maximum absolute atomic E-state index is 14.1. The molecule has 4 aliphatic rings. The number of carbonyl (C=O) groups excluding carboxylic acids is 2. The van der Waals surface area contributed by atoms with Crippen molar-refractivity contribution in [3.05, 3.63) is 12.2 Å². The second-order valence-electron chi connectivity index (χ2n) is 8.75. The Morgan fingerprint density at radius 2 is 1.81 bits per heavy atom. The van der Waals surface area contributed by atoms with Gasteiger partial charge < -0.3 is 9.47 Å². The molecule has 0 aromatic rings. The zero-order valence-electron chi connectivity index (χ0n) is 15.5. The van der Waals surface area contributed by atoms with Gasteiger partial charge in [-0.15, -0.1) is 0 Å². The van der Waals surface area contributed by atoms with E-state index in [0.717, 1.165) is 6.42 Å². The van der Waals surface area contributed by atoms with Gasteiger partial charge in [-0.1, -0.05) is 6.58 Å². The lowest BCUT2D eigenvalue weighted by Crippen LogP contribution is -2.60. The van der Waals surface area contributed by atoms with Crippen LogP contribution in [0.15, 0.2) is 12.2 Å². The van der Waals surface area contributed by atoms with Crippen molar-refractivity contribution in [1.29, 1.82) is 0 Å². The van der Waals surface area contributed by atoms with Gasteiger partial charge in [0.25, 0.3) is 5.00 Å². The SMILES string of the molecule is C=C(C)C(=O)OC12CC3CC(C1)CC(C(=O)OCC(C)(F)S(=O)(=O)O)(C3)C2. The first-order chi connectivity index (χ1) is 12.3. The van der Waals surface area contributed by atoms with Gasteiger partial charge in [0.1, 0.15) is 12.2 Å². The Hall–Kier alpha value is -1.48. The lowest BCUT2D eigenvalue weighted by Gasteiger charge is -2.59. The van der Waals surface area contributed by atoms with Crippen LogP contribution in [0.3, 0.4) is 0 Å². The molecule has 4 saturated carbocycles. The summed E-state index contributed by atoms with van der Waals surface area (Å²) in [7, 11) is -5.01. The maximum atomic E-state index is 14.1. The predicted octanol–water partition coefficient (Wildman–Crippen LogP) is 2.56. The molecule has 3 atom stereocenters. The molecule has 0 aliphatic heterocycles. The highest BCUT2D eigenvalue weighted by atomic mass is 32.2. The van der Waals surface area contributed by atoms with Gasteiger partial charge in [-0.2, -0.15) is 8.42 Å². The van der Waals surface area contributed by atoms with Gasteiger partial charge in [0.15, 0.2) is 0 Å². The van der Waals surface area contributed by atoms with Crippen LogP contribution in [-0.2, 0) is 29.2 Å². The summed E-state index contributed by atoms with van der Waals surface area (Å²) >= 11 is 0. The molecular weight excluding hydrogens is 379 g/mol. The van der Waals surface area contributed by atoms with Crippen LogP contribution in [-0.4, -0.2) is 42.1 Å². The molecule has 0 aromatic carbocycles. The molecule has 4 fully saturated rings. The average Bonchev–Trinajstić information content (AvgIpc) is 2.49. The van der Waals surface area contributed by atoms with Crippen LogP contribution >= 0.6 is 0 Å². The largest absolute Gasteiger partial charge is 0.461 e. The molecule has 3 unspecified atom stereocenters. The summed E-state index contributed by atoms with van der Waals surface area (Å²) in [5.74, 6) is -0.812. The topological polar surface area (TPSA) is 107 Å². The molecule has 0 amide bonds. The Balaban J connectivity index is 1.78. The molecule has 0 aromatic heterocycles. The monoisotopic (exact) mass is 404 g/mol. The second kappa shape index (κ2) is 6.27. The first-order valence-corrected chi connectivity index (χ1v) is 10.4. The lowest BCUT2D eigenvalue weighted by atomic mass is 9.48. The fourth-order valence-electron chi connectivity index (χ4n) is 5.24. The highest BCUT2D eigenvalue weighted by Gasteiger charge is 2.63. The summed E-state index contributed by atoms with van der Waals surface area (Å²) in [6, 6.07) is 0. The molecule has 4 bridgehead atoms. The molecule has 4 rings (SSSR count). The van der Waals surface area contributed by atoms with Crippen LogP contribution in [0, 0.1) is 17.3 Å². The predicted molar refractivity (Wildman–Crippen MR) is 92.8 cm³/mol. The molecular formula is C18H25FO7S. The summed E-state index contributed by atoms with van der Waals surface area (Å²) in [4.78, 5) is 24.9. The number of esters is 2. The van der Waals surface area contributed by atoms with Gasteiger partial charge in [-0.3, -0.25) is 9.35 Å². The maximum Gasteiger partial charge on any atom is 0.333 e. The molecule has 27 heavy (non-hydrogen) atoms. The van der Waals surface area contributed by atoms with E-state index in [2.05, 4.69) is 6.58 Å². The van der Waals surface area contributed by atoms with E-state index in [9.17, 15) is 22.4 Å². The van der Waals surface area contributed by atoms with E-state index < -0.39 is 44.7 Å². The zero-order valence-corrected chi connectivity index (χ0v) is 16.3. The van der Waals surface area contributed by atoms with Gasteiger partial charge in [0.05, 0.1) is 5.41 Å². The van der Waals surface area contributed by atoms with E-state index in [-0.39, 0.29) is 23.8 Å². The summed E-state index contributed by atoms with van der Waals surface area (Å²) in [5.41, 5.74) is -1.40. The minimum atomic E-state index is -5.01. The third kappa shape index (κ3) is 3.63. The fourth-order valence-corrected chi connectivity index (χ4v) is 5.45. The van der Waals surface area contributed by atoms with Crippen molar-refractivity contribution in [2.45, 2.75) is 63.0 Å². The molecule has 4 aliphatic carbocycles. The van der Waals surface area contributed by atoms with E-state index in [1.807, 2.05) is 0 Å². The Morgan fingerprint density at radius 1 is 1.26 bits per heavy atom. The molecule has 0 saturated heterocycles. The number of hydrogen-bond donors (Lipinski definition) is 1. The molecule has 0 spiro atoms. The number of carbonyl (C=O) groups is 2. The van der Waals surface area contributed by atoms with Gasteiger partial charge in [-0.25, -0.2) is 9.18 Å². The Bertz CT molecular complexity index is 772. The minimum absolute atomic E-state index is 0.190. The van der Waals surface area contributed by atoms with Crippen LogP contribution in [0.2, 0.25) is 0 Å². The molecule has 0 heterocycles. The smallest absolute Gasteiger partial charge is 0.333 e. The van der Waals surface area contributed by atoms with E-state index in [0.29, 0.717) is 32.6 Å². The van der Waals surface area contributed by atoms with E-state index >= 15 is 0 Å². The molecule has 7 nitrogen and oxygen atoms in total. The minimum Gasteiger partial charge on any atom is -0.461 e. The molecule has 152 valence electrons. The first-order valence-electron chi connectivity index (χ1n) is 9.00. The number of rotatable bonds is 6. The number of ether oxygens (including phenoxy) is 2. The number of alkyl halides is 1. The van der Waals surface area contributed by atoms with Crippen LogP contribution < -0.4 is 0 Å². The summed E-state index contributed by atoms with van der Waals surface area (Å²) in [6.45, 7) is 4.72. The molecule has 1 N–H and O–H groups in total. The average molecular weight is 404 g/mol. The second-order valence-corrected chi connectivity index (χ2v) is 10.5. The fraction of sp³-hybridized carbons (Fsp3) is 0.778. The van der Waals surface area contributed by atoms with Crippen molar-refractivity contribution in [3.8, 4) is 0 Å². The highest BCUT2D eigenvalue weighted by Crippen LogP contribution is 2.63. The van der Waals surface area contributed by atoms with Gasteiger partial charge in [-0.05, 0) is 57.8 Å². The Labute approximate surface area is 158 Å². The number of hydrogen-bond acceptors (Lipinski definition) is 6. The first kappa shape index (κ1) is 20.3. The zero-order chi connectivity index (χ0) is 20.3. The van der Waals surface area contributed by atoms with Crippen molar-refractivity contribution >= 4 is 22.1 Å². The van der Waals surface area contributed by atoms with E-state index in [1.165, 1.54) is 0 Å². The lowest BCUT2D eigenvalue weighted by molar-refractivity contribution is -0.211. The molecule has 9 heteroatoms.